The summed E-state index contributed by atoms with van der Waals surface area (Å²) < 4.78 is 13.5. The van der Waals surface area contributed by atoms with Crippen molar-refractivity contribution in [3.05, 3.63) is 184 Å². The van der Waals surface area contributed by atoms with Crippen LogP contribution < -0.4 is 17.1 Å². The van der Waals surface area contributed by atoms with Crippen LogP contribution in [0.15, 0.2) is 111 Å². The fourth-order valence-corrected chi connectivity index (χ4v) is 14.0. The third kappa shape index (κ3) is 56.0. The number of phenols is 4. The number of ether oxygens (including phenoxy) is 2. The summed E-state index contributed by atoms with van der Waals surface area (Å²) in [5.74, 6) is 7.10. The van der Waals surface area contributed by atoms with Crippen molar-refractivity contribution in [2.75, 3.05) is 109 Å². The normalized spacial score (nSPS) is 12.2. The van der Waals surface area contributed by atoms with Crippen LogP contribution in [0.25, 0.3) is 0 Å². The number of carbonyl (C=O) groups excluding carboxylic acids is 5. The fraction of sp³-hybridized carbons (Fsp3) is 0.558. The van der Waals surface area contributed by atoms with Crippen molar-refractivity contribution in [2.45, 2.75) is 163 Å². The summed E-state index contributed by atoms with van der Waals surface area (Å²) in [4.78, 5) is 102. The van der Waals surface area contributed by atoms with E-state index in [2.05, 4.69) is 65.8 Å². The Morgan fingerprint density at radius 1 is 0.372 bits per heavy atom. The minimum Gasteiger partial charge on any atom is -0.793 e. The molecule has 43 heteroatoms. The number of thioether (sulfide) groups is 1. The standard InChI is InChI=1S/C23H32O2S2.C21H28O2S2.C15H27N3O3S3.C15H20O4S2.C12H21N3O3S3.11Y/c1-15(13-26)9-17-11-19(5-7-21(17)24)23(3,4)20-6-8-22(25)18(12-20)10-16(2)14-27;1-21(2,17-7-9-19(22)15(13-17)5-3-11-24)18-8-10-20(23)16(14-18)6-4-12-25;1-10(7-22)4-16-13(19)17(5-11(2)8-23)15(21)18(14(16)20)6-12(3)9-24;1-21-10-4-8-19-15(17)13-6-2-5-12(11-13)14(16)18-7-3-9-20;16-10(1-4-19)13-7-14(11(17)2-5-20)9-15(8-13)12(18)3-6-21;;;;;;;;;;;/h5-8,11-12,15-16,24-27H,9-10,13-14H2,1-4H3;7-10,13-14,22-25H,3-6,11-12H2,1-2H3;10-12,22-24H,4-9H2,1-3H3;2,5-6,11,20H,3-4,7-10H2,1H3;19-21H,1-9H2;;;;;;;;;;;/p-11. The molecule has 5 unspecified atom stereocenters. The first-order valence-electron chi connectivity index (χ1n) is 39.5. The van der Waals surface area contributed by atoms with Gasteiger partial charge in [-0.05, 0) is 155 Å². The smallest absolute Gasteiger partial charge is 0.338 e. The Morgan fingerprint density at radius 3 is 0.891 bits per heavy atom. The monoisotopic (exact) mass is 2820 g/mol. The number of aromatic hydroxyl groups is 4. The quantitative estimate of drug-likeness (QED) is 0.0158. The van der Waals surface area contributed by atoms with Gasteiger partial charge in [-0.25, -0.2) is 37.7 Å². The van der Waals surface area contributed by atoms with Crippen LogP contribution in [0.5, 0.6) is 23.0 Å². The number of hydrogen-bond donors (Lipinski definition) is 4. The molecule has 1 saturated heterocycles. The molecule has 3 amide bonds. The van der Waals surface area contributed by atoms with E-state index in [-0.39, 0.29) is 465 Å². The van der Waals surface area contributed by atoms with Crippen molar-refractivity contribution < 1.29 is 414 Å². The molecule has 2 heterocycles. The summed E-state index contributed by atoms with van der Waals surface area (Å²) in [5.41, 5.74) is 6.80. The zero-order valence-corrected chi connectivity index (χ0v) is 117. The van der Waals surface area contributed by atoms with Crippen LogP contribution in [0, 0.1) is 29.6 Å². The number of carbonyl (C=O) groups is 5. The van der Waals surface area contributed by atoms with Crippen molar-refractivity contribution in [1.29, 1.82) is 0 Å². The maximum absolute atomic E-state index is 12.6. The van der Waals surface area contributed by atoms with Crippen molar-refractivity contribution in [3.63, 3.8) is 0 Å². The fourth-order valence-electron chi connectivity index (χ4n) is 12.1. The number of benzene rings is 5. The van der Waals surface area contributed by atoms with Gasteiger partial charge in [0.2, 0.25) is 17.7 Å². The van der Waals surface area contributed by atoms with Gasteiger partial charge in [0.05, 0.1) is 44.3 Å². The van der Waals surface area contributed by atoms with E-state index in [4.69, 9.17) is 148 Å². The molecule has 0 saturated carbocycles. The van der Waals surface area contributed by atoms with Crippen LogP contribution in [0.1, 0.15) is 172 Å². The maximum Gasteiger partial charge on any atom is 0.338 e. The van der Waals surface area contributed by atoms with E-state index >= 15 is 0 Å². The predicted molar refractivity (Wildman–Crippen MR) is 504 cm³/mol. The maximum atomic E-state index is 12.6. The van der Waals surface area contributed by atoms with Gasteiger partial charge in [-0.2, -0.15) is 75.0 Å². The Morgan fingerprint density at radius 2 is 0.636 bits per heavy atom. The first-order chi connectivity index (χ1) is 56.1. The summed E-state index contributed by atoms with van der Waals surface area (Å²) in [6.45, 7) is 20.3. The molecular weight excluding hydrogens is 2700 g/mol. The van der Waals surface area contributed by atoms with E-state index < -0.39 is 29.0 Å². The summed E-state index contributed by atoms with van der Waals surface area (Å²) in [5, 5.41) is 40.7. The van der Waals surface area contributed by atoms with Gasteiger partial charge in [0.1, 0.15) is 23.0 Å². The molecule has 1 fully saturated rings. The second-order valence-corrected chi connectivity index (χ2v) is 35.6. The number of aromatic nitrogens is 3. The van der Waals surface area contributed by atoms with Crippen molar-refractivity contribution in [1.82, 2.24) is 28.4 Å². The SMILES string of the molecule is CC(C)(c1ccc(O)c(CCC[S-])c1)c1ccc(O)c(CCC[S-])c1.CC(C[S-])Cc1cc(C(C)(C)c2ccc(O)c(CC(C)C[S-])c2)ccc1O.CC(C[S-])Cn1c(=O)n(CC(C)C[S-])c(=O)n(CC(C)C[S-])c1=O.CSCCCOC(=O)c1cccc(C(=O)OCCC[S-])c1.O=C(CC[S-])N1CN(C(=O)CC[S-])CN(C(=O)CC[S-])C1.[Y].[Y].[Y].[Y].[Y].[Y].[Y].[Y].[Y].[Y].[Y]. The number of aryl methyl sites for hydroxylation is 2. The molecule has 691 valence electrons. The number of esters is 2. The molecule has 1 aromatic heterocycles. The van der Waals surface area contributed by atoms with Crippen molar-refractivity contribution in [2.24, 2.45) is 29.6 Å². The average Bonchev–Trinajstić information content (AvgIpc) is 0.823. The third-order valence-corrected chi connectivity index (χ3v) is 24.4. The number of nitrogens with zero attached hydrogens (tertiary/aromatic N) is 6. The van der Waals surface area contributed by atoms with Gasteiger partial charge in [0.25, 0.3) is 0 Å². The van der Waals surface area contributed by atoms with Gasteiger partial charge in [-0.3, -0.25) is 14.4 Å². The van der Waals surface area contributed by atoms with Gasteiger partial charge in [0, 0.05) is 410 Å². The van der Waals surface area contributed by atoms with E-state index in [1.54, 1.807) is 54.2 Å². The molecule has 11 radical (unpaired) electrons. The van der Waals surface area contributed by atoms with Gasteiger partial charge in [-0.15, -0.1) is 0 Å². The van der Waals surface area contributed by atoms with Crippen LogP contribution in [0.3, 0.4) is 0 Å². The number of rotatable bonds is 40. The van der Waals surface area contributed by atoms with Crippen LogP contribution >= 0.6 is 11.8 Å². The average molecular weight is 2820 g/mol. The van der Waals surface area contributed by atoms with Crippen LogP contribution in [-0.2, 0) is 579 Å². The summed E-state index contributed by atoms with van der Waals surface area (Å²) in [6, 6.07) is 29.7. The molecule has 1 aliphatic rings. The molecule has 6 aromatic rings. The molecule has 20 nitrogen and oxygen atoms in total. The van der Waals surface area contributed by atoms with Crippen LogP contribution in [0.4, 0.5) is 0 Å². The van der Waals surface area contributed by atoms with Gasteiger partial charge in [-0.1, -0.05) is 142 Å². The summed E-state index contributed by atoms with van der Waals surface area (Å²) >= 11 is 56.3. The second kappa shape index (κ2) is 86.2. The molecule has 0 spiro atoms. The molecular formula is C86H117N6O14S12Y11-11. The van der Waals surface area contributed by atoms with E-state index in [9.17, 15) is 58.8 Å². The summed E-state index contributed by atoms with van der Waals surface area (Å²) in [7, 11) is 0. The number of phenolic OH excluding ortho intramolecular Hbond substituents is 4. The zero-order valence-electron chi connectivity index (χ0n) is 75.8. The molecule has 0 bridgehead atoms. The largest absolute Gasteiger partial charge is 0.793 e. The van der Waals surface area contributed by atoms with Crippen molar-refractivity contribution >= 4 is 180 Å². The van der Waals surface area contributed by atoms with Gasteiger partial charge < -0.3 is 184 Å². The molecule has 1 aliphatic heterocycles. The van der Waals surface area contributed by atoms with E-state index in [0.29, 0.717) is 129 Å². The first kappa shape index (κ1) is 154. The zero-order chi connectivity index (χ0) is 88.4. The Bertz CT molecular complexity index is 4020. The number of hydrogen-bond acceptors (Lipinski definition) is 26. The Balaban J connectivity index is -0.000000196. The molecule has 4 N–H and O–H groups in total. The summed E-state index contributed by atoms with van der Waals surface area (Å²) in [6.07, 6.45) is 9.04. The van der Waals surface area contributed by atoms with E-state index in [0.717, 1.165) is 109 Å². The minimum absolute atomic E-state index is 0. The molecule has 7 rings (SSSR count). The number of amides is 3. The third-order valence-electron chi connectivity index (χ3n) is 19.4. The van der Waals surface area contributed by atoms with Crippen LogP contribution in [0.2, 0.25) is 0 Å². The minimum atomic E-state index is -0.585. The molecule has 5 aromatic carbocycles. The topological polar surface area (TPSA) is 260 Å². The van der Waals surface area contributed by atoms with Gasteiger partial charge in [0.15, 0.2) is 0 Å². The molecule has 129 heavy (non-hydrogen) atoms. The first-order valence-corrected chi connectivity index (χ1v) is 47.2. The molecule has 0 aliphatic carbocycles. The van der Waals surface area contributed by atoms with E-state index in [1.165, 1.54) is 20.8 Å². The Hall–Kier alpha value is 7.40. The Labute approximate surface area is 1110 Å². The van der Waals surface area contributed by atoms with Crippen LogP contribution in [-0.4, -0.2) is 187 Å². The second-order valence-electron chi connectivity index (χ2n) is 30.5. The van der Waals surface area contributed by atoms with Crippen molar-refractivity contribution in [3.8, 4) is 23.0 Å². The molecule has 5 atom stereocenters. The van der Waals surface area contributed by atoms with Gasteiger partial charge >= 0.3 is 29.0 Å². The predicted octanol–water partition coefficient (Wildman–Crippen LogP) is 10.8. The Kier molecular flexibility index (Phi) is 103. The van der Waals surface area contributed by atoms with E-state index in [1.807, 2.05) is 51.3 Å².